The highest BCUT2D eigenvalue weighted by Gasteiger charge is 2.21. The van der Waals surface area contributed by atoms with Crippen molar-refractivity contribution in [2.24, 2.45) is 7.05 Å². The maximum atomic E-state index is 12.6. The van der Waals surface area contributed by atoms with Gasteiger partial charge < -0.3 is 9.88 Å². The fourth-order valence-electron chi connectivity index (χ4n) is 2.65. The van der Waals surface area contributed by atoms with E-state index < -0.39 is 0 Å². The molecule has 128 valence electrons. The number of carbonyl (C=O) groups excluding carboxylic acids is 1. The molecule has 0 aliphatic heterocycles. The molecule has 0 saturated heterocycles. The van der Waals surface area contributed by atoms with Crippen LogP contribution in [0.1, 0.15) is 23.0 Å². The molecule has 0 bridgehead atoms. The van der Waals surface area contributed by atoms with Gasteiger partial charge in [0.25, 0.3) is 0 Å². The largest absolute Gasteiger partial charge is 0.342 e. The Morgan fingerprint density at radius 2 is 1.96 bits per heavy atom. The SMILES string of the molecule is Cn1ccnc1[C@@H](NC(=O)Cc1ccc(Cl)cc1Cl)c1ccccc1. The molecule has 1 heterocycles. The highest BCUT2D eigenvalue weighted by molar-refractivity contribution is 6.35. The van der Waals surface area contributed by atoms with Gasteiger partial charge in [-0.3, -0.25) is 4.79 Å². The number of halogens is 2. The molecule has 25 heavy (non-hydrogen) atoms. The molecule has 0 saturated carbocycles. The van der Waals surface area contributed by atoms with Gasteiger partial charge in [-0.2, -0.15) is 0 Å². The van der Waals surface area contributed by atoms with Crippen molar-refractivity contribution in [2.75, 3.05) is 0 Å². The molecular formula is C19H17Cl2N3O. The van der Waals surface area contributed by atoms with E-state index in [-0.39, 0.29) is 18.4 Å². The summed E-state index contributed by atoms with van der Waals surface area (Å²) in [6.07, 6.45) is 3.74. The molecule has 0 aliphatic rings. The molecule has 0 unspecified atom stereocenters. The molecular weight excluding hydrogens is 357 g/mol. The van der Waals surface area contributed by atoms with Gasteiger partial charge in [-0.15, -0.1) is 0 Å². The van der Waals surface area contributed by atoms with E-state index in [1.807, 2.05) is 48.1 Å². The van der Waals surface area contributed by atoms with Crippen LogP contribution in [0.15, 0.2) is 60.9 Å². The predicted molar refractivity (Wildman–Crippen MR) is 99.8 cm³/mol. The van der Waals surface area contributed by atoms with Gasteiger partial charge in [-0.25, -0.2) is 4.98 Å². The lowest BCUT2D eigenvalue weighted by Crippen LogP contribution is -2.32. The second-order valence-electron chi connectivity index (χ2n) is 5.72. The quantitative estimate of drug-likeness (QED) is 0.729. The lowest BCUT2D eigenvalue weighted by molar-refractivity contribution is -0.121. The Kier molecular flexibility index (Phi) is 5.41. The van der Waals surface area contributed by atoms with Crippen LogP contribution >= 0.6 is 23.2 Å². The molecule has 2 aromatic carbocycles. The smallest absolute Gasteiger partial charge is 0.225 e. The van der Waals surface area contributed by atoms with E-state index in [4.69, 9.17) is 23.2 Å². The number of amides is 1. The van der Waals surface area contributed by atoms with E-state index in [1.54, 1.807) is 24.4 Å². The van der Waals surface area contributed by atoms with Crippen LogP contribution in [0.3, 0.4) is 0 Å². The molecule has 0 aliphatic carbocycles. The third kappa shape index (κ3) is 4.21. The number of nitrogens with zero attached hydrogens (tertiary/aromatic N) is 2. The molecule has 3 rings (SSSR count). The van der Waals surface area contributed by atoms with Gasteiger partial charge in [0.15, 0.2) is 0 Å². The summed E-state index contributed by atoms with van der Waals surface area (Å²) in [6, 6.07) is 14.5. The van der Waals surface area contributed by atoms with Crippen LogP contribution < -0.4 is 5.32 Å². The van der Waals surface area contributed by atoms with Gasteiger partial charge in [0.1, 0.15) is 11.9 Å². The fourth-order valence-corrected chi connectivity index (χ4v) is 3.12. The lowest BCUT2D eigenvalue weighted by Gasteiger charge is -2.19. The average Bonchev–Trinajstić information content (AvgIpc) is 3.02. The molecule has 1 amide bonds. The maximum absolute atomic E-state index is 12.6. The Morgan fingerprint density at radius 3 is 2.60 bits per heavy atom. The first-order valence-corrected chi connectivity index (χ1v) is 8.55. The highest BCUT2D eigenvalue weighted by Crippen LogP contribution is 2.23. The lowest BCUT2D eigenvalue weighted by atomic mass is 10.1. The Labute approximate surface area is 156 Å². The Bertz CT molecular complexity index is 877. The summed E-state index contributed by atoms with van der Waals surface area (Å²) >= 11 is 12.1. The van der Waals surface area contributed by atoms with Gasteiger partial charge in [-0.05, 0) is 23.3 Å². The highest BCUT2D eigenvalue weighted by atomic mass is 35.5. The van der Waals surface area contributed by atoms with Crippen LogP contribution in [0.25, 0.3) is 0 Å². The first-order valence-electron chi connectivity index (χ1n) is 7.80. The van der Waals surface area contributed by atoms with Crippen molar-refractivity contribution in [2.45, 2.75) is 12.5 Å². The summed E-state index contributed by atoms with van der Waals surface area (Å²) < 4.78 is 1.90. The van der Waals surface area contributed by atoms with Crippen molar-refractivity contribution >= 4 is 29.1 Å². The Balaban J connectivity index is 1.83. The average molecular weight is 374 g/mol. The summed E-state index contributed by atoms with van der Waals surface area (Å²) in [6.45, 7) is 0. The van der Waals surface area contributed by atoms with Crippen molar-refractivity contribution < 1.29 is 4.79 Å². The summed E-state index contributed by atoms with van der Waals surface area (Å²) in [4.78, 5) is 17.0. The normalized spacial score (nSPS) is 12.0. The predicted octanol–water partition coefficient (Wildman–Crippen LogP) is 4.18. The third-order valence-corrected chi connectivity index (χ3v) is 4.51. The third-order valence-electron chi connectivity index (χ3n) is 3.92. The Morgan fingerprint density at radius 1 is 1.20 bits per heavy atom. The minimum Gasteiger partial charge on any atom is -0.342 e. The van der Waals surface area contributed by atoms with Crippen LogP contribution in [-0.2, 0) is 18.3 Å². The zero-order valence-corrected chi connectivity index (χ0v) is 15.1. The number of carbonyl (C=O) groups is 1. The van der Waals surface area contributed by atoms with Gasteiger partial charge >= 0.3 is 0 Å². The number of aromatic nitrogens is 2. The maximum Gasteiger partial charge on any atom is 0.225 e. The van der Waals surface area contributed by atoms with E-state index >= 15 is 0 Å². The number of rotatable bonds is 5. The monoisotopic (exact) mass is 373 g/mol. The first kappa shape index (κ1) is 17.5. The number of nitrogens with one attached hydrogen (secondary N) is 1. The van der Waals surface area contributed by atoms with Crippen LogP contribution in [-0.4, -0.2) is 15.5 Å². The first-order chi connectivity index (χ1) is 12.0. The van der Waals surface area contributed by atoms with Crippen LogP contribution in [0.5, 0.6) is 0 Å². The van der Waals surface area contributed by atoms with Crippen molar-refractivity contribution in [3.05, 3.63) is 87.9 Å². The standard InChI is InChI=1S/C19H17Cl2N3O/c1-24-10-9-22-19(24)18(13-5-3-2-4-6-13)23-17(25)11-14-7-8-15(20)12-16(14)21/h2-10,12,18H,11H2,1H3,(H,23,25)/t18-/m0/s1. The fraction of sp³-hybridized carbons (Fsp3) is 0.158. The zero-order valence-electron chi connectivity index (χ0n) is 13.6. The van der Waals surface area contributed by atoms with Crippen molar-refractivity contribution in [1.29, 1.82) is 0 Å². The molecule has 1 N–H and O–H groups in total. The molecule has 0 fully saturated rings. The minimum absolute atomic E-state index is 0.138. The van der Waals surface area contributed by atoms with Crippen molar-refractivity contribution in [3.8, 4) is 0 Å². The number of hydrogen-bond acceptors (Lipinski definition) is 2. The van der Waals surface area contributed by atoms with Crippen molar-refractivity contribution in [1.82, 2.24) is 14.9 Å². The molecule has 6 heteroatoms. The number of aryl methyl sites for hydroxylation is 1. The molecule has 3 aromatic rings. The van der Waals surface area contributed by atoms with E-state index in [9.17, 15) is 4.79 Å². The van der Waals surface area contributed by atoms with E-state index in [1.165, 1.54) is 0 Å². The van der Waals surface area contributed by atoms with E-state index in [0.717, 1.165) is 17.0 Å². The molecule has 0 radical (unpaired) electrons. The minimum atomic E-state index is -0.334. The van der Waals surface area contributed by atoms with Crippen LogP contribution in [0.2, 0.25) is 10.0 Å². The molecule has 1 aromatic heterocycles. The van der Waals surface area contributed by atoms with E-state index in [0.29, 0.717) is 10.0 Å². The van der Waals surface area contributed by atoms with Gasteiger partial charge in [-0.1, -0.05) is 59.6 Å². The number of hydrogen-bond donors (Lipinski definition) is 1. The van der Waals surface area contributed by atoms with Gasteiger partial charge in [0.2, 0.25) is 5.91 Å². The van der Waals surface area contributed by atoms with Gasteiger partial charge in [0, 0.05) is 29.5 Å². The molecule has 1 atom stereocenters. The summed E-state index contributed by atoms with van der Waals surface area (Å²) in [5.41, 5.74) is 1.70. The second kappa shape index (κ2) is 7.72. The summed E-state index contributed by atoms with van der Waals surface area (Å²) in [5, 5.41) is 4.08. The number of imidazole rings is 1. The van der Waals surface area contributed by atoms with Crippen molar-refractivity contribution in [3.63, 3.8) is 0 Å². The Hall–Kier alpha value is -2.30. The topological polar surface area (TPSA) is 46.9 Å². The van der Waals surface area contributed by atoms with Gasteiger partial charge in [0.05, 0.1) is 6.42 Å². The number of benzene rings is 2. The summed E-state index contributed by atoms with van der Waals surface area (Å²) in [7, 11) is 1.90. The van der Waals surface area contributed by atoms with E-state index in [2.05, 4.69) is 10.3 Å². The van der Waals surface area contributed by atoms with Crippen LogP contribution in [0, 0.1) is 0 Å². The molecule has 4 nitrogen and oxygen atoms in total. The van der Waals surface area contributed by atoms with Crippen LogP contribution in [0.4, 0.5) is 0 Å². The summed E-state index contributed by atoms with van der Waals surface area (Å²) in [5.74, 6) is 0.628. The second-order valence-corrected chi connectivity index (χ2v) is 6.56. The molecule has 0 spiro atoms. The zero-order chi connectivity index (χ0) is 17.8.